The van der Waals surface area contributed by atoms with Crippen molar-refractivity contribution in [1.82, 2.24) is 5.06 Å². The Morgan fingerprint density at radius 2 is 2.14 bits per heavy atom. The standard InChI is InChI=1S/C11H19NO2/c1-4-7-8-10-14-12(9-5-2)11(13)6-3/h5-6H,2-4,7-10H2,1H3. The summed E-state index contributed by atoms with van der Waals surface area (Å²) in [6, 6.07) is 0. The Kier molecular flexibility index (Phi) is 7.84. The molecule has 0 aliphatic rings. The molecule has 0 saturated heterocycles. The van der Waals surface area contributed by atoms with E-state index < -0.39 is 0 Å². The predicted molar refractivity (Wildman–Crippen MR) is 57.6 cm³/mol. The Morgan fingerprint density at radius 3 is 2.64 bits per heavy atom. The molecule has 0 spiro atoms. The first-order chi connectivity index (χ1) is 6.76. The lowest BCUT2D eigenvalue weighted by Crippen LogP contribution is -2.30. The minimum absolute atomic E-state index is 0.221. The zero-order valence-electron chi connectivity index (χ0n) is 8.87. The van der Waals surface area contributed by atoms with E-state index in [0.29, 0.717) is 13.2 Å². The highest BCUT2D eigenvalue weighted by Crippen LogP contribution is 1.98. The fraction of sp³-hybridized carbons (Fsp3) is 0.545. The maximum Gasteiger partial charge on any atom is 0.269 e. The van der Waals surface area contributed by atoms with Crippen LogP contribution in [0.4, 0.5) is 0 Å². The van der Waals surface area contributed by atoms with Gasteiger partial charge in [-0.3, -0.25) is 9.63 Å². The number of rotatable bonds is 8. The quantitative estimate of drug-likeness (QED) is 0.258. The molecule has 0 aromatic rings. The number of unbranched alkanes of at least 4 members (excludes halogenated alkanes) is 2. The average molecular weight is 197 g/mol. The van der Waals surface area contributed by atoms with E-state index in [4.69, 9.17) is 4.84 Å². The second-order valence-electron chi connectivity index (χ2n) is 2.93. The van der Waals surface area contributed by atoms with Crippen LogP contribution in [-0.2, 0) is 9.63 Å². The highest BCUT2D eigenvalue weighted by atomic mass is 16.7. The van der Waals surface area contributed by atoms with Crippen molar-refractivity contribution in [2.24, 2.45) is 0 Å². The molecule has 80 valence electrons. The van der Waals surface area contributed by atoms with Crippen molar-refractivity contribution in [3.8, 4) is 0 Å². The number of amides is 1. The first-order valence-electron chi connectivity index (χ1n) is 4.94. The molecule has 0 radical (unpaired) electrons. The van der Waals surface area contributed by atoms with Crippen molar-refractivity contribution in [2.45, 2.75) is 26.2 Å². The summed E-state index contributed by atoms with van der Waals surface area (Å²) >= 11 is 0. The van der Waals surface area contributed by atoms with Gasteiger partial charge >= 0.3 is 0 Å². The van der Waals surface area contributed by atoms with Gasteiger partial charge in [0.1, 0.15) is 0 Å². The molecule has 3 heteroatoms. The van der Waals surface area contributed by atoms with Gasteiger partial charge in [0.2, 0.25) is 0 Å². The van der Waals surface area contributed by atoms with E-state index in [1.54, 1.807) is 6.08 Å². The highest BCUT2D eigenvalue weighted by molar-refractivity contribution is 5.86. The van der Waals surface area contributed by atoms with E-state index >= 15 is 0 Å². The van der Waals surface area contributed by atoms with Crippen molar-refractivity contribution in [1.29, 1.82) is 0 Å². The van der Waals surface area contributed by atoms with Crippen LogP contribution in [0.15, 0.2) is 25.3 Å². The number of carbonyl (C=O) groups is 1. The normalized spacial score (nSPS) is 9.50. The third-order valence-corrected chi connectivity index (χ3v) is 1.71. The number of hydrogen-bond acceptors (Lipinski definition) is 2. The van der Waals surface area contributed by atoms with Crippen molar-refractivity contribution in [2.75, 3.05) is 13.2 Å². The molecule has 3 nitrogen and oxygen atoms in total. The van der Waals surface area contributed by atoms with Crippen molar-refractivity contribution in [3.63, 3.8) is 0 Å². The van der Waals surface area contributed by atoms with Crippen LogP contribution in [-0.4, -0.2) is 24.1 Å². The molecule has 0 aliphatic heterocycles. The minimum atomic E-state index is -0.221. The summed E-state index contributed by atoms with van der Waals surface area (Å²) in [7, 11) is 0. The van der Waals surface area contributed by atoms with Gasteiger partial charge in [-0.2, -0.15) is 0 Å². The molecule has 1 amide bonds. The van der Waals surface area contributed by atoms with Gasteiger partial charge in [-0.25, -0.2) is 5.06 Å². The molecule has 0 saturated carbocycles. The largest absolute Gasteiger partial charge is 0.270 e. The van der Waals surface area contributed by atoms with E-state index in [1.165, 1.54) is 11.1 Å². The molecule has 0 heterocycles. The van der Waals surface area contributed by atoms with Crippen molar-refractivity contribution < 1.29 is 9.63 Å². The maximum absolute atomic E-state index is 11.2. The number of hydrogen-bond donors (Lipinski definition) is 0. The Hall–Kier alpha value is -1.09. The van der Waals surface area contributed by atoms with Gasteiger partial charge in [0.25, 0.3) is 5.91 Å². The Balaban J connectivity index is 3.78. The summed E-state index contributed by atoms with van der Waals surface area (Å²) in [6.07, 6.45) is 6.09. The SMILES string of the molecule is C=CCN(OCCCCC)C(=O)C=C. The van der Waals surface area contributed by atoms with Gasteiger partial charge in [0, 0.05) is 0 Å². The molecule has 0 aromatic carbocycles. The van der Waals surface area contributed by atoms with Gasteiger partial charge in [0.05, 0.1) is 13.2 Å². The van der Waals surface area contributed by atoms with E-state index in [-0.39, 0.29) is 5.91 Å². The summed E-state index contributed by atoms with van der Waals surface area (Å²) in [5.74, 6) is -0.221. The van der Waals surface area contributed by atoms with Gasteiger partial charge in [-0.15, -0.1) is 6.58 Å². The molecular formula is C11H19NO2. The lowest BCUT2D eigenvalue weighted by atomic mass is 10.3. The van der Waals surface area contributed by atoms with E-state index in [0.717, 1.165) is 19.3 Å². The Labute approximate surface area is 86.0 Å². The summed E-state index contributed by atoms with van der Waals surface area (Å²) in [5, 5.41) is 1.27. The van der Waals surface area contributed by atoms with E-state index in [1.807, 2.05) is 0 Å². The van der Waals surface area contributed by atoms with Crippen molar-refractivity contribution >= 4 is 5.91 Å². The molecule has 14 heavy (non-hydrogen) atoms. The number of nitrogens with zero attached hydrogens (tertiary/aromatic N) is 1. The summed E-state index contributed by atoms with van der Waals surface area (Å²) in [6.45, 7) is 10.0. The van der Waals surface area contributed by atoms with Crippen LogP contribution in [0.2, 0.25) is 0 Å². The van der Waals surface area contributed by atoms with Crippen LogP contribution >= 0.6 is 0 Å². The monoisotopic (exact) mass is 197 g/mol. The van der Waals surface area contributed by atoms with Crippen LogP contribution in [0.3, 0.4) is 0 Å². The lowest BCUT2D eigenvalue weighted by molar-refractivity contribution is -0.178. The molecule has 0 unspecified atom stereocenters. The van der Waals surface area contributed by atoms with Gasteiger partial charge < -0.3 is 0 Å². The minimum Gasteiger partial charge on any atom is -0.270 e. The predicted octanol–water partition coefficient (Wildman–Crippen LogP) is 2.31. The van der Waals surface area contributed by atoms with Crippen LogP contribution in [0.1, 0.15) is 26.2 Å². The Bertz CT molecular complexity index is 190. The first-order valence-corrected chi connectivity index (χ1v) is 4.94. The fourth-order valence-electron chi connectivity index (χ4n) is 0.952. The summed E-state index contributed by atoms with van der Waals surface area (Å²) in [4.78, 5) is 16.5. The van der Waals surface area contributed by atoms with Crippen molar-refractivity contribution in [3.05, 3.63) is 25.3 Å². The average Bonchev–Trinajstić information content (AvgIpc) is 2.21. The molecule has 0 atom stereocenters. The topological polar surface area (TPSA) is 29.5 Å². The second kappa shape index (κ2) is 8.51. The molecule has 0 aliphatic carbocycles. The smallest absolute Gasteiger partial charge is 0.269 e. The molecule has 0 bridgehead atoms. The maximum atomic E-state index is 11.2. The zero-order valence-corrected chi connectivity index (χ0v) is 8.87. The number of hydroxylamine groups is 2. The zero-order chi connectivity index (χ0) is 10.8. The first kappa shape index (κ1) is 12.9. The third kappa shape index (κ3) is 5.54. The van der Waals surface area contributed by atoms with Gasteiger partial charge in [-0.05, 0) is 12.5 Å². The number of carbonyl (C=O) groups excluding carboxylic acids is 1. The lowest BCUT2D eigenvalue weighted by Gasteiger charge is -2.18. The Morgan fingerprint density at radius 1 is 1.43 bits per heavy atom. The van der Waals surface area contributed by atoms with Gasteiger partial charge in [0.15, 0.2) is 0 Å². The van der Waals surface area contributed by atoms with Gasteiger partial charge in [-0.1, -0.05) is 32.4 Å². The van der Waals surface area contributed by atoms with Crippen LogP contribution in [0.5, 0.6) is 0 Å². The van der Waals surface area contributed by atoms with Crippen LogP contribution in [0.25, 0.3) is 0 Å². The van der Waals surface area contributed by atoms with Crippen LogP contribution < -0.4 is 0 Å². The third-order valence-electron chi connectivity index (χ3n) is 1.71. The molecular weight excluding hydrogens is 178 g/mol. The summed E-state index contributed by atoms with van der Waals surface area (Å²) < 4.78 is 0. The molecule has 0 fully saturated rings. The van der Waals surface area contributed by atoms with E-state index in [9.17, 15) is 4.79 Å². The molecule has 0 aromatic heterocycles. The highest BCUT2D eigenvalue weighted by Gasteiger charge is 2.07. The summed E-state index contributed by atoms with van der Waals surface area (Å²) in [5.41, 5.74) is 0. The van der Waals surface area contributed by atoms with Crippen LogP contribution in [0, 0.1) is 0 Å². The fourth-order valence-corrected chi connectivity index (χ4v) is 0.952. The molecule has 0 rings (SSSR count). The molecule has 0 N–H and O–H groups in total. The second-order valence-corrected chi connectivity index (χ2v) is 2.93. The van der Waals surface area contributed by atoms with E-state index in [2.05, 4.69) is 20.1 Å².